The summed E-state index contributed by atoms with van der Waals surface area (Å²) >= 11 is 0. The highest BCUT2D eigenvalue weighted by atomic mass is 16.1. The summed E-state index contributed by atoms with van der Waals surface area (Å²) in [6, 6.07) is 25.5. The quantitative estimate of drug-likeness (QED) is 0.516. The maximum atomic E-state index is 13.0. The summed E-state index contributed by atoms with van der Waals surface area (Å²) in [5.74, 6) is 2.66. The minimum Gasteiger partial charge on any atom is -0.378 e. The molecule has 1 aliphatic heterocycles. The van der Waals surface area contributed by atoms with Gasteiger partial charge in [-0.3, -0.25) is 4.79 Å². The predicted molar refractivity (Wildman–Crippen MR) is 125 cm³/mol. The minimum atomic E-state index is -0.0310. The third kappa shape index (κ3) is 3.15. The number of anilines is 2. The molecule has 0 saturated heterocycles. The Hall–Kier alpha value is -3.07. The van der Waals surface area contributed by atoms with Gasteiger partial charge < -0.3 is 10.6 Å². The van der Waals surface area contributed by atoms with E-state index in [-0.39, 0.29) is 5.91 Å². The fourth-order valence-electron chi connectivity index (χ4n) is 6.46. The summed E-state index contributed by atoms with van der Waals surface area (Å²) in [5.41, 5.74) is 6.72. The second-order valence-electron chi connectivity index (χ2n) is 9.59. The lowest BCUT2D eigenvalue weighted by Gasteiger charge is -2.43. The second kappa shape index (κ2) is 7.26. The van der Waals surface area contributed by atoms with E-state index in [1.807, 2.05) is 30.3 Å². The molecule has 2 bridgehead atoms. The van der Waals surface area contributed by atoms with Gasteiger partial charge in [0.25, 0.3) is 5.91 Å². The van der Waals surface area contributed by atoms with E-state index in [1.165, 1.54) is 41.6 Å². The molecule has 5 atom stereocenters. The van der Waals surface area contributed by atoms with Crippen molar-refractivity contribution in [2.24, 2.45) is 17.8 Å². The topological polar surface area (TPSA) is 41.1 Å². The van der Waals surface area contributed by atoms with Gasteiger partial charge in [-0.05, 0) is 91.3 Å². The zero-order valence-electron chi connectivity index (χ0n) is 17.8. The lowest BCUT2D eigenvalue weighted by Crippen LogP contribution is -2.35. The van der Waals surface area contributed by atoms with E-state index in [0.717, 1.165) is 23.1 Å². The number of nitrogens with one attached hydrogen (secondary N) is 2. The van der Waals surface area contributed by atoms with Crippen LogP contribution in [0.4, 0.5) is 11.4 Å². The number of aryl methyl sites for hydroxylation is 1. The molecule has 1 amide bonds. The van der Waals surface area contributed by atoms with Gasteiger partial charge in [0.1, 0.15) is 0 Å². The van der Waals surface area contributed by atoms with Crippen LogP contribution in [-0.2, 0) is 0 Å². The van der Waals surface area contributed by atoms with Crippen molar-refractivity contribution in [1.29, 1.82) is 0 Å². The number of rotatable bonds is 3. The third-order valence-corrected chi connectivity index (χ3v) is 7.82. The Kier molecular flexibility index (Phi) is 4.38. The molecule has 3 heteroatoms. The highest BCUT2D eigenvalue weighted by Gasteiger charge is 2.53. The van der Waals surface area contributed by atoms with E-state index >= 15 is 0 Å². The second-order valence-corrected chi connectivity index (χ2v) is 9.59. The van der Waals surface area contributed by atoms with E-state index in [2.05, 4.69) is 60.0 Å². The molecular weight excluding hydrogens is 380 g/mol. The molecule has 31 heavy (non-hydrogen) atoms. The molecule has 3 aromatic rings. The normalized spacial score (nSPS) is 27.8. The third-order valence-electron chi connectivity index (χ3n) is 7.82. The van der Waals surface area contributed by atoms with Crippen molar-refractivity contribution in [3.8, 4) is 0 Å². The van der Waals surface area contributed by atoms with Crippen LogP contribution >= 0.6 is 0 Å². The molecule has 2 aliphatic carbocycles. The zero-order valence-corrected chi connectivity index (χ0v) is 17.8. The van der Waals surface area contributed by atoms with Gasteiger partial charge in [-0.1, -0.05) is 48.0 Å². The molecule has 2 saturated carbocycles. The average Bonchev–Trinajstić information content (AvgIpc) is 3.43. The maximum Gasteiger partial charge on any atom is 0.255 e. The van der Waals surface area contributed by atoms with Gasteiger partial charge in [-0.15, -0.1) is 0 Å². The molecule has 0 aromatic heterocycles. The van der Waals surface area contributed by atoms with Gasteiger partial charge in [0.2, 0.25) is 0 Å². The van der Waals surface area contributed by atoms with Crippen LogP contribution in [0.25, 0.3) is 0 Å². The van der Waals surface area contributed by atoms with Crippen LogP contribution in [0.5, 0.6) is 0 Å². The first-order valence-corrected chi connectivity index (χ1v) is 11.5. The van der Waals surface area contributed by atoms with Crippen LogP contribution in [0, 0.1) is 24.7 Å². The summed E-state index contributed by atoms with van der Waals surface area (Å²) in [6.07, 6.45) is 4.01. The number of benzene rings is 3. The molecular formula is C28H28N2O. The van der Waals surface area contributed by atoms with E-state index in [0.29, 0.717) is 17.9 Å². The lowest BCUT2D eigenvalue weighted by molar-refractivity contribution is 0.102. The molecule has 3 nitrogen and oxygen atoms in total. The van der Waals surface area contributed by atoms with Crippen molar-refractivity contribution in [1.82, 2.24) is 0 Å². The van der Waals surface area contributed by atoms with Crippen LogP contribution in [0.1, 0.15) is 58.3 Å². The Labute approximate surface area is 183 Å². The molecule has 156 valence electrons. The Balaban J connectivity index is 1.34. The first-order valence-electron chi connectivity index (χ1n) is 11.5. The fraction of sp³-hybridized carbons (Fsp3) is 0.321. The molecule has 6 rings (SSSR count). The minimum absolute atomic E-state index is 0.0310. The fourth-order valence-corrected chi connectivity index (χ4v) is 6.46. The summed E-state index contributed by atoms with van der Waals surface area (Å²) in [7, 11) is 0. The molecule has 1 heterocycles. The van der Waals surface area contributed by atoms with Gasteiger partial charge in [-0.2, -0.15) is 0 Å². The van der Waals surface area contributed by atoms with Crippen molar-refractivity contribution >= 4 is 17.3 Å². The summed E-state index contributed by atoms with van der Waals surface area (Å²) < 4.78 is 0. The molecule has 0 unspecified atom stereocenters. The van der Waals surface area contributed by atoms with E-state index in [9.17, 15) is 4.79 Å². The smallest absolute Gasteiger partial charge is 0.255 e. The Bertz CT molecular complexity index is 1120. The molecule has 2 N–H and O–H groups in total. The van der Waals surface area contributed by atoms with Gasteiger partial charge in [0, 0.05) is 16.9 Å². The van der Waals surface area contributed by atoms with Gasteiger partial charge >= 0.3 is 0 Å². The monoisotopic (exact) mass is 408 g/mol. The molecule has 3 aromatic carbocycles. The zero-order chi connectivity index (χ0) is 20.9. The molecule has 2 fully saturated rings. The van der Waals surface area contributed by atoms with Crippen LogP contribution in [0.2, 0.25) is 0 Å². The van der Waals surface area contributed by atoms with Crippen molar-refractivity contribution < 1.29 is 4.79 Å². The SMILES string of the molecule is Cc1ccc(NC(=O)c2ccc3c(c2)[C@@H]2[C@H]4CC[C@@H](C4)[C@@H]2[C@H](c2ccccc2)N3)cc1. The number of hydrogen-bond donors (Lipinski definition) is 2. The van der Waals surface area contributed by atoms with Crippen LogP contribution < -0.4 is 10.6 Å². The van der Waals surface area contributed by atoms with Crippen LogP contribution in [-0.4, -0.2) is 5.91 Å². The van der Waals surface area contributed by atoms with Crippen LogP contribution in [0.15, 0.2) is 72.8 Å². The maximum absolute atomic E-state index is 13.0. The number of hydrogen-bond acceptors (Lipinski definition) is 2. The molecule has 0 spiro atoms. The molecule has 3 aliphatic rings. The van der Waals surface area contributed by atoms with Gasteiger partial charge in [-0.25, -0.2) is 0 Å². The number of amides is 1. The molecule has 0 radical (unpaired) electrons. The van der Waals surface area contributed by atoms with Crippen molar-refractivity contribution in [2.75, 3.05) is 10.6 Å². The van der Waals surface area contributed by atoms with Crippen LogP contribution in [0.3, 0.4) is 0 Å². The predicted octanol–water partition coefficient (Wildman–Crippen LogP) is 6.54. The standard InChI is InChI=1S/C28H28N2O/c1-17-7-12-22(13-8-17)29-28(31)21-11-14-24-23(16-21)25-19-9-10-20(15-19)26(25)27(30-24)18-5-3-2-4-6-18/h2-8,11-14,16,19-20,25-27,30H,9-10,15H2,1H3,(H,29,31)/t19-,20-,25-,26-,27-/m0/s1. The van der Waals surface area contributed by atoms with Crippen molar-refractivity contribution in [3.63, 3.8) is 0 Å². The number of fused-ring (bicyclic) bond motifs is 7. The first kappa shape index (κ1) is 18.7. The number of carbonyl (C=O) groups is 1. The Morgan fingerprint density at radius 3 is 2.52 bits per heavy atom. The van der Waals surface area contributed by atoms with E-state index in [1.54, 1.807) is 0 Å². The van der Waals surface area contributed by atoms with Crippen molar-refractivity contribution in [2.45, 2.75) is 38.1 Å². The summed E-state index contributed by atoms with van der Waals surface area (Å²) in [4.78, 5) is 13.0. The van der Waals surface area contributed by atoms with Gasteiger partial charge in [0.15, 0.2) is 0 Å². The average molecular weight is 409 g/mol. The Morgan fingerprint density at radius 1 is 0.935 bits per heavy atom. The number of carbonyl (C=O) groups excluding carboxylic acids is 1. The Morgan fingerprint density at radius 2 is 1.71 bits per heavy atom. The highest BCUT2D eigenvalue weighted by molar-refractivity contribution is 6.04. The van der Waals surface area contributed by atoms with E-state index < -0.39 is 0 Å². The van der Waals surface area contributed by atoms with Crippen molar-refractivity contribution in [3.05, 3.63) is 95.1 Å². The largest absolute Gasteiger partial charge is 0.378 e. The lowest BCUT2D eigenvalue weighted by atomic mass is 9.68. The van der Waals surface area contributed by atoms with E-state index in [4.69, 9.17) is 0 Å². The summed E-state index contributed by atoms with van der Waals surface area (Å²) in [5, 5.41) is 6.92. The van der Waals surface area contributed by atoms with Gasteiger partial charge in [0.05, 0.1) is 6.04 Å². The summed E-state index contributed by atoms with van der Waals surface area (Å²) in [6.45, 7) is 2.05. The first-order chi connectivity index (χ1) is 15.2. The highest BCUT2D eigenvalue weighted by Crippen LogP contribution is 2.63.